The van der Waals surface area contributed by atoms with Gasteiger partial charge >= 0.3 is 0 Å². The van der Waals surface area contributed by atoms with Gasteiger partial charge in [0, 0.05) is 12.2 Å². The SMILES string of the molecule is COc1cc(CNc2cccc(C)c2)ccc1OCc1ccc(C)cc1. The van der Waals surface area contributed by atoms with Crippen LogP contribution >= 0.6 is 0 Å². The van der Waals surface area contributed by atoms with E-state index in [0.717, 1.165) is 34.9 Å². The molecule has 0 aliphatic carbocycles. The molecule has 0 heterocycles. The summed E-state index contributed by atoms with van der Waals surface area (Å²) in [6.45, 7) is 5.43. The average Bonchev–Trinajstić information content (AvgIpc) is 2.66. The average molecular weight is 347 g/mol. The Morgan fingerprint density at radius 1 is 0.769 bits per heavy atom. The number of hydrogen-bond acceptors (Lipinski definition) is 3. The van der Waals surface area contributed by atoms with Crippen LogP contribution in [0, 0.1) is 13.8 Å². The van der Waals surface area contributed by atoms with E-state index in [-0.39, 0.29) is 0 Å². The first-order valence-corrected chi connectivity index (χ1v) is 8.80. The molecule has 26 heavy (non-hydrogen) atoms. The van der Waals surface area contributed by atoms with Gasteiger partial charge in [0.15, 0.2) is 11.5 Å². The van der Waals surface area contributed by atoms with Gasteiger partial charge in [-0.2, -0.15) is 0 Å². The Hall–Kier alpha value is -2.94. The highest BCUT2D eigenvalue weighted by Gasteiger charge is 2.07. The minimum atomic E-state index is 0.525. The number of rotatable bonds is 7. The van der Waals surface area contributed by atoms with E-state index in [1.807, 2.05) is 12.1 Å². The number of ether oxygens (including phenoxy) is 2. The van der Waals surface area contributed by atoms with Crippen LogP contribution < -0.4 is 14.8 Å². The van der Waals surface area contributed by atoms with Crippen LogP contribution in [0.15, 0.2) is 66.7 Å². The van der Waals surface area contributed by atoms with Crippen molar-refractivity contribution in [1.82, 2.24) is 0 Å². The highest BCUT2D eigenvalue weighted by atomic mass is 16.5. The highest BCUT2D eigenvalue weighted by molar-refractivity contribution is 5.48. The number of hydrogen-bond donors (Lipinski definition) is 1. The molecular weight excluding hydrogens is 322 g/mol. The van der Waals surface area contributed by atoms with Gasteiger partial charge in [-0.3, -0.25) is 0 Å². The van der Waals surface area contributed by atoms with Gasteiger partial charge in [0.25, 0.3) is 0 Å². The second-order valence-corrected chi connectivity index (χ2v) is 6.48. The van der Waals surface area contributed by atoms with Crippen LogP contribution in [0.4, 0.5) is 5.69 Å². The smallest absolute Gasteiger partial charge is 0.161 e. The predicted octanol–water partition coefficient (Wildman–Crippen LogP) is 5.50. The van der Waals surface area contributed by atoms with Gasteiger partial charge < -0.3 is 14.8 Å². The highest BCUT2D eigenvalue weighted by Crippen LogP contribution is 2.29. The molecule has 3 nitrogen and oxygen atoms in total. The van der Waals surface area contributed by atoms with E-state index in [1.54, 1.807) is 7.11 Å². The molecule has 0 atom stereocenters. The molecule has 0 bridgehead atoms. The molecule has 0 aliphatic heterocycles. The van der Waals surface area contributed by atoms with Gasteiger partial charge in [-0.05, 0) is 54.8 Å². The van der Waals surface area contributed by atoms with Crippen LogP contribution in [0.5, 0.6) is 11.5 Å². The number of anilines is 1. The van der Waals surface area contributed by atoms with E-state index in [1.165, 1.54) is 11.1 Å². The molecule has 0 spiro atoms. The van der Waals surface area contributed by atoms with Crippen molar-refractivity contribution < 1.29 is 9.47 Å². The van der Waals surface area contributed by atoms with Crippen LogP contribution in [0.1, 0.15) is 22.3 Å². The molecule has 0 radical (unpaired) electrons. The van der Waals surface area contributed by atoms with Crippen LogP contribution in [0.25, 0.3) is 0 Å². The maximum absolute atomic E-state index is 5.94. The Morgan fingerprint density at radius 2 is 1.54 bits per heavy atom. The lowest BCUT2D eigenvalue weighted by molar-refractivity contribution is 0.284. The van der Waals surface area contributed by atoms with E-state index >= 15 is 0 Å². The third-order valence-corrected chi connectivity index (χ3v) is 4.26. The third kappa shape index (κ3) is 4.79. The minimum absolute atomic E-state index is 0.525. The van der Waals surface area contributed by atoms with Crippen molar-refractivity contribution >= 4 is 5.69 Å². The van der Waals surface area contributed by atoms with Crippen molar-refractivity contribution in [2.75, 3.05) is 12.4 Å². The summed E-state index contributed by atoms with van der Waals surface area (Å²) in [6, 6.07) is 22.8. The van der Waals surface area contributed by atoms with Gasteiger partial charge in [-0.25, -0.2) is 0 Å². The fraction of sp³-hybridized carbons (Fsp3) is 0.217. The van der Waals surface area contributed by atoms with Crippen molar-refractivity contribution in [3.05, 3.63) is 89.0 Å². The van der Waals surface area contributed by atoms with Gasteiger partial charge in [-0.15, -0.1) is 0 Å². The predicted molar refractivity (Wildman–Crippen MR) is 107 cm³/mol. The first-order chi connectivity index (χ1) is 12.6. The fourth-order valence-electron chi connectivity index (χ4n) is 2.75. The summed E-state index contributed by atoms with van der Waals surface area (Å²) >= 11 is 0. The zero-order valence-corrected chi connectivity index (χ0v) is 15.6. The Balaban J connectivity index is 1.64. The van der Waals surface area contributed by atoms with E-state index in [9.17, 15) is 0 Å². The minimum Gasteiger partial charge on any atom is -0.493 e. The Labute approximate surface area is 155 Å². The molecule has 3 aromatic carbocycles. The summed E-state index contributed by atoms with van der Waals surface area (Å²) in [5.41, 5.74) is 5.89. The van der Waals surface area contributed by atoms with Crippen LogP contribution in [0.2, 0.25) is 0 Å². The number of benzene rings is 3. The fourth-order valence-corrected chi connectivity index (χ4v) is 2.75. The topological polar surface area (TPSA) is 30.5 Å². The summed E-state index contributed by atoms with van der Waals surface area (Å²) in [4.78, 5) is 0. The monoisotopic (exact) mass is 347 g/mol. The van der Waals surface area contributed by atoms with Crippen molar-refractivity contribution in [3.8, 4) is 11.5 Å². The molecule has 0 fully saturated rings. The molecule has 0 aliphatic rings. The summed E-state index contributed by atoms with van der Waals surface area (Å²) in [5.74, 6) is 1.51. The first-order valence-electron chi connectivity index (χ1n) is 8.80. The second kappa shape index (κ2) is 8.43. The maximum atomic E-state index is 5.94. The molecule has 0 aromatic heterocycles. The zero-order valence-electron chi connectivity index (χ0n) is 15.6. The summed E-state index contributed by atoms with van der Waals surface area (Å²) < 4.78 is 11.5. The van der Waals surface area contributed by atoms with Crippen LogP contribution in [-0.4, -0.2) is 7.11 Å². The molecule has 3 heteroatoms. The molecular formula is C23H25NO2. The first kappa shape index (κ1) is 17.9. The van der Waals surface area contributed by atoms with Crippen molar-refractivity contribution in [2.24, 2.45) is 0 Å². The molecule has 0 amide bonds. The van der Waals surface area contributed by atoms with Gasteiger partial charge in [0.2, 0.25) is 0 Å². The van der Waals surface area contributed by atoms with Crippen molar-refractivity contribution in [3.63, 3.8) is 0 Å². The number of methoxy groups -OCH3 is 1. The quantitative estimate of drug-likeness (QED) is 0.612. The molecule has 0 saturated carbocycles. The summed E-state index contributed by atoms with van der Waals surface area (Å²) in [6.07, 6.45) is 0. The Morgan fingerprint density at radius 3 is 2.27 bits per heavy atom. The lowest BCUT2D eigenvalue weighted by atomic mass is 10.1. The number of aryl methyl sites for hydroxylation is 2. The molecule has 1 N–H and O–H groups in total. The van der Waals surface area contributed by atoms with Gasteiger partial charge in [0.05, 0.1) is 7.11 Å². The van der Waals surface area contributed by atoms with E-state index < -0.39 is 0 Å². The summed E-state index contributed by atoms with van der Waals surface area (Å²) in [5, 5.41) is 3.44. The third-order valence-electron chi connectivity index (χ3n) is 4.26. The van der Waals surface area contributed by atoms with Crippen molar-refractivity contribution in [2.45, 2.75) is 27.0 Å². The normalized spacial score (nSPS) is 10.4. The Bertz CT molecular complexity index is 856. The Kier molecular flexibility index (Phi) is 5.80. The standard InChI is InChI=1S/C23H25NO2/c1-17-7-9-19(10-8-17)16-26-22-12-11-20(14-23(22)25-3)15-24-21-6-4-5-18(2)13-21/h4-14,24H,15-16H2,1-3H3. The largest absolute Gasteiger partial charge is 0.493 e. The zero-order chi connectivity index (χ0) is 18.4. The molecule has 3 rings (SSSR count). The molecule has 0 saturated heterocycles. The molecule has 0 unspecified atom stereocenters. The summed E-state index contributed by atoms with van der Waals surface area (Å²) in [7, 11) is 1.67. The van der Waals surface area contributed by atoms with Gasteiger partial charge in [0.1, 0.15) is 6.61 Å². The second-order valence-electron chi connectivity index (χ2n) is 6.48. The molecule has 3 aromatic rings. The molecule has 134 valence electrons. The van der Waals surface area contributed by atoms with E-state index in [4.69, 9.17) is 9.47 Å². The van der Waals surface area contributed by atoms with E-state index in [0.29, 0.717) is 6.61 Å². The van der Waals surface area contributed by atoms with E-state index in [2.05, 4.69) is 73.8 Å². The van der Waals surface area contributed by atoms with Crippen LogP contribution in [0.3, 0.4) is 0 Å². The van der Waals surface area contributed by atoms with Gasteiger partial charge in [-0.1, -0.05) is 48.0 Å². The maximum Gasteiger partial charge on any atom is 0.161 e. The van der Waals surface area contributed by atoms with Crippen molar-refractivity contribution in [1.29, 1.82) is 0 Å². The number of nitrogens with one attached hydrogen (secondary N) is 1. The lowest BCUT2D eigenvalue weighted by Crippen LogP contribution is -2.02. The van der Waals surface area contributed by atoms with Crippen LogP contribution in [-0.2, 0) is 13.2 Å². The lowest BCUT2D eigenvalue weighted by Gasteiger charge is -2.13.